The molecule has 23 heavy (non-hydrogen) atoms. The number of aromatic nitrogens is 1. The molecule has 0 fully saturated rings. The Hall–Kier alpha value is -3.08. The van der Waals surface area contributed by atoms with E-state index in [1.807, 2.05) is 30.3 Å². The summed E-state index contributed by atoms with van der Waals surface area (Å²) in [7, 11) is 1.25. The summed E-state index contributed by atoms with van der Waals surface area (Å²) in [4.78, 5) is 15.9. The van der Waals surface area contributed by atoms with Crippen LogP contribution in [0.15, 0.2) is 48.5 Å². The predicted molar refractivity (Wildman–Crippen MR) is 86.0 cm³/mol. The van der Waals surface area contributed by atoms with Crippen LogP contribution in [-0.4, -0.2) is 23.2 Å². The highest BCUT2D eigenvalue weighted by Crippen LogP contribution is 2.34. The number of hydrogen-bond donors (Lipinski definition) is 1. The number of hydrogen-bond acceptors (Lipinski definition) is 5. The predicted octanol–water partition coefficient (Wildman–Crippen LogP) is 3.83. The molecule has 1 aromatic heterocycles. The molecule has 0 saturated heterocycles. The Labute approximate surface area is 133 Å². The molecular formula is C18H15NO4. The van der Waals surface area contributed by atoms with Crippen LogP contribution < -0.4 is 4.74 Å². The van der Waals surface area contributed by atoms with E-state index in [4.69, 9.17) is 4.74 Å². The number of fused-ring (bicyclic) bond motifs is 1. The molecule has 0 aliphatic carbocycles. The van der Waals surface area contributed by atoms with Crippen LogP contribution in [0.3, 0.4) is 0 Å². The molecule has 1 N–H and O–H groups in total. The van der Waals surface area contributed by atoms with Crippen LogP contribution in [0.25, 0.3) is 10.8 Å². The number of nitrogens with zero attached hydrogens (tertiary/aromatic N) is 1. The number of benzene rings is 2. The number of esters is 1. The Balaban J connectivity index is 2.10. The molecule has 1 heterocycles. The van der Waals surface area contributed by atoms with Gasteiger partial charge in [0.05, 0.1) is 7.11 Å². The van der Waals surface area contributed by atoms with E-state index in [1.165, 1.54) is 7.11 Å². The SMILES string of the molecule is COC(=O)c1nc(C)c2ccc(Oc3ccccc3)cc2c1O. The number of aromatic hydroxyl groups is 1. The molecule has 0 amide bonds. The summed E-state index contributed by atoms with van der Waals surface area (Å²) in [5.41, 5.74) is 0.527. The van der Waals surface area contributed by atoms with Gasteiger partial charge in [0.15, 0.2) is 11.4 Å². The molecule has 0 radical (unpaired) electrons. The summed E-state index contributed by atoms with van der Waals surface area (Å²) in [5, 5.41) is 11.6. The lowest BCUT2D eigenvalue weighted by Crippen LogP contribution is -2.06. The van der Waals surface area contributed by atoms with Gasteiger partial charge in [-0.3, -0.25) is 0 Å². The van der Waals surface area contributed by atoms with Crippen molar-refractivity contribution >= 4 is 16.7 Å². The molecule has 0 spiro atoms. The number of carbonyl (C=O) groups excluding carboxylic acids is 1. The Morgan fingerprint density at radius 2 is 1.78 bits per heavy atom. The Kier molecular flexibility index (Phi) is 3.85. The maximum absolute atomic E-state index is 11.7. The third-order valence-corrected chi connectivity index (χ3v) is 3.50. The number of rotatable bonds is 3. The van der Waals surface area contributed by atoms with Crippen LogP contribution >= 0.6 is 0 Å². The van der Waals surface area contributed by atoms with Crippen molar-refractivity contribution in [2.75, 3.05) is 7.11 Å². The third kappa shape index (κ3) is 2.81. The second-order valence-corrected chi connectivity index (χ2v) is 5.01. The lowest BCUT2D eigenvalue weighted by atomic mass is 10.1. The topological polar surface area (TPSA) is 68.7 Å². The molecule has 5 heteroatoms. The molecule has 0 unspecified atom stereocenters. The van der Waals surface area contributed by atoms with Gasteiger partial charge in [0.25, 0.3) is 0 Å². The number of pyridine rings is 1. The highest BCUT2D eigenvalue weighted by molar-refractivity contribution is 6.00. The fourth-order valence-electron chi connectivity index (χ4n) is 2.37. The van der Waals surface area contributed by atoms with Gasteiger partial charge in [-0.2, -0.15) is 0 Å². The smallest absolute Gasteiger partial charge is 0.360 e. The minimum absolute atomic E-state index is 0.102. The minimum Gasteiger partial charge on any atom is -0.505 e. The van der Waals surface area contributed by atoms with Gasteiger partial charge in [0.2, 0.25) is 0 Å². The first-order chi connectivity index (χ1) is 11.1. The molecule has 0 aliphatic rings. The minimum atomic E-state index is -0.679. The summed E-state index contributed by atoms with van der Waals surface area (Å²) in [6, 6.07) is 14.6. The monoisotopic (exact) mass is 309 g/mol. The zero-order valence-electron chi connectivity index (χ0n) is 12.7. The first-order valence-electron chi connectivity index (χ1n) is 7.04. The molecule has 0 bridgehead atoms. The van der Waals surface area contributed by atoms with E-state index in [1.54, 1.807) is 25.1 Å². The number of carbonyl (C=O) groups is 1. The second kappa shape index (κ2) is 5.96. The van der Waals surface area contributed by atoms with Crippen molar-refractivity contribution in [3.63, 3.8) is 0 Å². The molecule has 3 rings (SSSR count). The summed E-state index contributed by atoms with van der Waals surface area (Å²) in [6.07, 6.45) is 0. The largest absolute Gasteiger partial charge is 0.505 e. The number of aryl methyl sites for hydroxylation is 1. The Bertz CT molecular complexity index is 875. The number of ether oxygens (including phenoxy) is 2. The van der Waals surface area contributed by atoms with Crippen LogP contribution in [0.1, 0.15) is 16.2 Å². The van der Waals surface area contributed by atoms with E-state index in [2.05, 4.69) is 9.72 Å². The van der Waals surface area contributed by atoms with Crippen molar-refractivity contribution in [2.24, 2.45) is 0 Å². The molecule has 5 nitrogen and oxygen atoms in total. The van der Waals surface area contributed by atoms with Crippen LogP contribution in [-0.2, 0) is 4.74 Å². The van der Waals surface area contributed by atoms with Crippen LogP contribution in [0, 0.1) is 6.92 Å². The van der Waals surface area contributed by atoms with Crippen LogP contribution in [0.4, 0.5) is 0 Å². The van der Waals surface area contributed by atoms with Crippen LogP contribution in [0.2, 0.25) is 0 Å². The average Bonchev–Trinajstić information content (AvgIpc) is 2.58. The van der Waals surface area contributed by atoms with Gasteiger partial charge in [-0.05, 0) is 37.3 Å². The van der Waals surface area contributed by atoms with Crippen molar-refractivity contribution in [1.82, 2.24) is 4.98 Å². The first-order valence-corrected chi connectivity index (χ1v) is 7.04. The lowest BCUT2D eigenvalue weighted by Gasteiger charge is -2.11. The average molecular weight is 309 g/mol. The van der Waals surface area contributed by atoms with E-state index >= 15 is 0 Å². The Morgan fingerprint density at radius 1 is 1.04 bits per heavy atom. The van der Waals surface area contributed by atoms with E-state index in [-0.39, 0.29) is 11.4 Å². The summed E-state index contributed by atoms with van der Waals surface area (Å²) in [6.45, 7) is 1.77. The van der Waals surface area contributed by atoms with Gasteiger partial charge in [0.1, 0.15) is 11.5 Å². The lowest BCUT2D eigenvalue weighted by molar-refractivity contribution is 0.0590. The van der Waals surface area contributed by atoms with Crippen molar-refractivity contribution < 1.29 is 19.4 Å². The quantitative estimate of drug-likeness (QED) is 0.745. The maximum Gasteiger partial charge on any atom is 0.360 e. The highest BCUT2D eigenvalue weighted by atomic mass is 16.5. The fourth-order valence-corrected chi connectivity index (χ4v) is 2.37. The van der Waals surface area contributed by atoms with Gasteiger partial charge < -0.3 is 14.6 Å². The summed E-state index contributed by atoms with van der Waals surface area (Å²) in [5.74, 6) is 0.351. The van der Waals surface area contributed by atoms with Crippen molar-refractivity contribution in [3.8, 4) is 17.2 Å². The summed E-state index contributed by atoms with van der Waals surface area (Å²) < 4.78 is 10.4. The molecule has 116 valence electrons. The van der Waals surface area contributed by atoms with Gasteiger partial charge in [0, 0.05) is 16.5 Å². The van der Waals surface area contributed by atoms with Crippen LogP contribution in [0.5, 0.6) is 17.2 Å². The Morgan fingerprint density at radius 3 is 2.48 bits per heavy atom. The number of methoxy groups -OCH3 is 1. The molecule has 3 aromatic rings. The molecule has 0 aliphatic heterocycles. The van der Waals surface area contributed by atoms with Gasteiger partial charge in [-0.1, -0.05) is 18.2 Å². The molecule has 0 atom stereocenters. The summed E-state index contributed by atoms with van der Waals surface area (Å²) >= 11 is 0. The van der Waals surface area contributed by atoms with Crippen molar-refractivity contribution in [1.29, 1.82) is 0 Å². The number of para-hydroxylation sites is 1. The van der Waals surface area contributed by atoms with Gasteiger partial charge >= 0.3 is 5.97 Å². The van der Waals surface area contributed by atoms with E-state index in [9.17, 15) is 9.90 Å². The fraction of sp³-hybridized carbons (Fsp3) is 0.111. The third-order valence-electron chi connectivity index (χ3n) is 3.50. The van der Waals surface area contributed by atoms with E-state index < -0.39 is 5.97 Å². The maximum atomic E-state index is 11.7. The molecule has 2 aromatic carbocycles. The molecular weight excluding hydrogens is 294 g/mol. The van der Waals surface area contributed by atoms with Crippen molar-refractivity contribution in [3.05, 3.63) is 59.9 Å². The van der Waals surface area contributed by atoms with E-state index in [0.717, 1.165) is 5.39 Å². The normalized spacial score (nSPS) is 10.5. The highest BCUT2D eigenvalue weighted by Gasteiger charge is 2.18. The molecule has 0 saturated carbocycles. The van der Waals surface area contributed by atoms with Gasteiger partial charge in [-0.15, -0.1) is 0 Å². The zero-order valence-corrected chi connectivity index (χ0v) is 12.7. The zero-order chi connectivity index (χ0) is 16.4. The van der Waals surface area contributed by atoms with Crippen molar-refractivity contribution in [2.45, 2.75) is 6.92 Å². The second-order valence-electron chi connectivity index (χ2n) is 5.01. The van der Waals surface area contributed by atoms with E-state index in [0.29, 0.717) is 22.6 Å². The standard InChI is InChI=1S/C18H15NO4/c1-11-14-9-8-13(23-12-6-4-3-5-7-12)10-15(14)17(20)16(19-11)18(21)22-2/h3-10,20H,1-2H3. The van der Waals surface area contributed by atoms with Gasteiger partial charge in [-0.25, -0.2) is 9.78 Å². The first kappa shape index (κ1) is 14.8.